The van der Waals surface area contributed by atoms with E-state index in [2.05, 4.69) is 5.32 Å². The molecule has 7 nitrogen and oxygen atoms in total. The molecule has 0 aromatic heterocycles. The molecule has 0 spiro atoms. The van der Waals surface area contributed by atoms with Crippen molar-refractivity contribution in [2.45, 2.75) is 12.3 Å². The molecule has 4 rings (SSSR count). The number of carboxylic acid groups (broad SMARTS) is 1. The number of para-hydroxylation sites is 1. The molecular formula is C25H20Cl2NNaO6. The first-order chi connectivity index (χ1) is 16.4. The number of rotatable bonds is 8. The number of nitrogens with one attached hydrogen (secondary N) is 1. The number of benzene rings is 3. The zero-order valence-corrected chi connectivity index (χ0v) is 22.4. The van der Waals surface area contributed by atoms with E-state index in [-0.39, 0.29) is 53.7 Å². The van der Waals surface area contributed by atoms with Gasteiger partial charge in [-0.15, -0.1) is 0 Å². The van der Waals surface area contributed by atoms with E-state index in [4.69, 9.17) is 37.4 Å². The van der Waals surface area contributed by atoms with Crippen molar-refractivity contribution in [3.05, 3.63) is 81.8 Å². The summed E-state index contributed by atoms with van der Waals surface area (Å²) in [5.74, 6) is -0.484. The van der Waals surface area contributed by atoms with Gasteiger partial charge in [-0.25, -0.2) is 0 Å². The molecule has 1 unspecified atom stereocenters. The Hall–Kier alpha value is -2.42. The topological polar surface area (TPSA) is 96.9 Å². The SMILES string of the molecule is O=C(NCCOc1ccccc1Cl)c1ccc(Oc2cc3c(cc2Cl)C(C(=O)[O-])CCO3)cc1.[Na+]. The molecule has 0 radical (unpaired) electrons. The third kappa shape index (κ3) is 6.84. The summed E-state index contributed by atoms with van der Waals surface area (Å²) in [7, 11) is 0. The number of ether oxygens (including phenoxy) is 3. The van der Waals surface area contributed by atoms with Gasteiger partial charge in [-0.1, -0.05) is 35.3 Å². The molecule has 1 heterocycles. The average Bonchev–Trinajstić information content (AvgIpc) is 2.83. The van der Waals surface area contributed by atoms with Gasteiger partial charge in [0.1, 0.15) is 29.6 Å². The molecule has 0 saturated heterocycles. The van der Waals surface area contributed by atoms with Crippen LogP contribution in [0.3, 0.4) is 0 Å². The Morgan fingerprint density at radius 2 is 1.77 bits per heavy atom. The van der Waals surface area contributed by atoms with Crippen LogP contribution < -0.4 is 54.2 Å². The number of hydrogen-bond donors (Lipinski definition) is 1. The van der Waals surface area contributed by atoms with Gasteiger partial charge in [0.15, 0.2) is 0 Å². The molecule has 1 N–H and O–H groups in total. The molecule has 0 bridgehead atoms. The van der Waals surface area contributed by atoms with Gasteiger partial charge >= 0.3 is 29.6 Å². The van der Waals surface area contributed by atoms with Crippen LogP contribution in [-0.2, 0) is 4.79 Å². The van der Waals surface area contributed by atoms with Crippen molar-refractivity contribution in [2.24, 2.45) is 0 Å². The molecule has 1 atom stereocenters. The monoisotopic (exact) mass is 523 g/mol. The van der Waals surface area contributed by atoms with Gasteiger partial charge in [-0.05, 0) is 48.9 Å². The van der Waals surface area contributed by atoms with Gasteiger partial charge in [0.25, 0.3) is 5.91 Å². The quantitative estimate of drug-likeness (QED) is 0.352. The normalized spacial score (nSPS) is 14.1. The fourth-order valence-electron chi connectivity index (χ4n) is 3.50. The average molecular weight is 524 g/mol. The molecule has 1 amide bonds. The molecule has 1 aliphatic rings. The number of carbonyl (C=O) groups is 2. The van der Waals surface area contributed by atoms with Crippen LogP contribution >= 0.6 is 23.2 Å². The van der Waals surface area contributed by atoms with Crippen molar-refractivity contribution in [2.75, 3.05) is 19.8 Å². The van der Waals surface area contributed by atoms with E-state index in [1.54, 1.807) is 42.5 Å². The number of aliphatic carboxylic acids is 1. The van der Waals surface area contributed by atoms with Crippen molar-refractivity contribution in [3.8, 4) is 23.0 Å². The van der Waals surface area contributed by atoms with Crippen LogP contribution in [0.4, 0.5) is 0 Å². The second-order valence-electron chi connectivity index (χ2n) is 7.49. The summed E-state index contributed by atoms with van der Waals surface area (Å²) in [6.45, 7) is 0.841. The Kier molecular flexibility index (Phi) is 9.71. The van der Waals surface area contributed by atoms with E-state index in [9.17, 15) is 14.7 Å². The first-order valence-corrected chi connectivity index (χ1v) is 11.3. The van der Waals surface area contributed by atoms with Crippen LogP contribution in [0, 0.1) is 0 Å². The van der Waals surface area contributed by atoms with Crippen LogP contribution in [-0.4, -0.2) is 31.6 Å². The standard InChI is InChI=1S/C25H21Cl2NO6.Na/c26-19-3-1-2-4-21(19)33-12-10-28-24(29)15-5-7-16(8-6-15)34-23-14-22-18(13-20(23)27)17(25(30)31)9-11-32-22;/h1-8,13-14,17H,9-12H2,(H,28,29)(H,30,31);/q;+1/p-1. The maximum absolute atomic E-state index is 12.4. The molecule has 35 heavy (non-hydrogen) atoms. The molecule has 3 aromatic carbocycles. The summed E-state index contributed by atoms with van der Waals surface area (Å²) in [5, 5.41) is 14.9. The Morgan fingerprint density at radius 3 is 2.49 bits per heavy atom. The van der Waals surface area contributed by atoms with Crippen LogP contribution in [0.25, 0.3) is 0 Å². The van der Waals surface area contributed by atoms with Crippen LogP contribution in [0.1, 0.15) is 28.3 Å². The van der Waals surface area contributed by atoms with E-state index in [0.717, 1.165) is 0 Å². The predicted molar refractivity (Wildman–Crippen MR) is 125 cm³/mol. The summed E-state index contributed by atoms with van der Waals surface area (Å²) >= 11 is 12.3. The molecule has 0 fully saturated rings. The van der Waals surface area contributed by atoms with E-state index in [1.807, 2.05) is 12.1 Å². The second kappa shape index (κ2) is 12.5. The molecule has 0 aliphatic carbocycles. The van der Waals surface area contributed by atoms with Crippen molar-refractivity contribution < 1.29 is 58.5 Å². The zero-order chi connectivity index (χ0) is 24.1. The summed E-state index contributed by atoms with van der Waals surface area (Å²) < 4.78 is 16.9. The Balaban J connectivity index is 0.00000342. The number of hydrogen-bond acceptors (Lipinski definition) is 6. The zero-order valence-electron chi connectivity index (χ0n) is 18.9. The largest absolute Gasteiger partial charge is 1.00 e. The van der Waals surface area contributed by atoms with E-state index in [0.29, 0.717) is 52.1 Å². The number of carboxylic acids is 1. The maximum Gasteiger partial charge on any atom is 1.00 e. The summed E-state index contributed by atoms with van der Waals surface area (Å²) in [6, 6.07) is 16.7. The molecule has 3 aromatic rings. The first-order valence-electron chi connectivity index (χ1n) is 10.5. The first kappa shape index (κ1) is 27.2. The predicted octanol–water partition coefficient (Wildman–Crippen LogP) is 1.21. The fraction of sp³-hybridized carbons (Fsp3) is 0.200. The van der Waals surface area contributed by atoms with Crippen molar-refractivity contribution >= 4 is 35.1 Å². The van der Waals surface area contributed by atoms with Gasteiger partial charge in [0.2, 0.25) is 0 Å². The Labute approximate surface area is 234 Å². The number of fused-ring (bicyclic) bond motifs is 1. The molecular weight excluding hydrogens is 504 g/mol. The van der Waals surface area contributed by atoms with Gasteiger partial charge in [-0.3, -0.25) is 4.79 Å². The minimum atomic E-state index is -1.17. The van der Waals surface area contributed by atoms with Gasteiger partial charge in [0.05, 0.1) is 23.2 Å². The summed E-state index contributed by atoms with van der Waals surface area (Å²) in [6.07, 6.45) is 0.321. The summed E-state index contributed by atoms with van der Waals surface area (Å²) in [4.78, 5) is 23.7. The van der Waals surface area contributed by atoms with Gasteiger partial charge < -0.3 is 29.4 Å². The van der Waals surface area contributed by atoms with Crippen LogP contribution in [0.15, 0.2) is 60.7 Å². The maximum atomic E-state index is 12.4. The van der Waals surface area contributed by atoms with Gasteiger partial charge in [-0.2, -0.15) is 0 Å². The van der Waals surface area contributed by atoms with Crippen molar-refractivity contribution in [1.29, 1.82) is 0 Å². The number of halogens is 2. The molecule has 1 aliphatic heterocycles. The van der Waals surface area contributed by atoms with E-state index < -0.39 is 11.9 Å². The summed E-state index contributed by atoms with van der Waals surface area (Å²) in [5.41, 5.74) is 0.913. The third-order valence-electron chi connectivity index (χ3n) is 5.21. The number of carbonyl (C=O) groups excluding carboxylic acids is 2. The van der Waals surface area contributed by atoms with E-state index in [1.165, 1.54) is 6.07 Å². The molecule has 0 saturated carbocycles. The smallest absolute Gasteiger partial charge is 0.549 e. The van der Waals surface area contributed by atoms with Crippen molar-refractivity contribution in [1.82, 2.24) is 5.32 Å². The van der Waals surface area contributed by atoms with Crippen LogP contribution in [0.5, 0.6) is 23.0 Å². The Morgan fingerprint density at radius 1 is 1.03 bits per heavy atom. The molecule has 10 heteroatoms. The van der Waals surface area contributed by atoms with Gasteiger partial charge in [0, 0.05) is 29.1 Å². The minimum Gasteiger partial charge on any atom is -0.549 e. The van der Waals surface area contributed by atoms with Crippen molar-refractivity contribution in [3.63, 3.8) is 0 Å². The van der Waals surface area contributed by atoms with E-state index >= 15 is 0 Å². The Bertz CT molecular complexity index is 1210. The second-order valence-corrected chi connectivity index (χ2v) is 8.30. The molecule has 176 valence electrons. The minimum absolute atomic E-state index is 0. The third-order valence-corrected chi connectivity index (χ3v) is 5.82. The van der Waals surface area contributed by atoms with Crippen LogP contribution in [0.2, 0.25) is 10.0 Å². The number of amides is 1. The fourth-order valence-corrected chi connectivity index (χ4v) is 3.90.